The predicted octanol–water partition coefficient (Wildman–Crippen LogP) is 3.49. The highest BCUT2D eigenvalue weighted by Crippen LogP contribution is 2.30. The van der Waals surface area contributed by atoms with Crippen LogP contribution < -0.4 is 15.4 Å². The second-order valence-electron chi connectivity index (χ2n) is 6.57. The van der Waals surface area contributed by atoms with Gasteiger partial charge in [-0.15, -0.1) is 11.3 Å². The third-order valence-corrected chi connectivity index (χ3v) is 5.53. The van der Waals surface area contributed by atoms with Crippen molar-refractivity contribution in [1.29, 1.82) is 0 Å². The summed E-state index contributed by atoms with van der Waals surface area (Å²) in [6.07, 6.45) is 3.28. The molecule has 0 aliphatic carbocycles. The number of carbonyl (C=O) groups excluding carboxylic acids is 1. The maximum Gasteiger partial charge on any atom is 0.267 e. The molecule has 4 rings (SSSR count). The topological polar surface area (TPSA) is 81.3 Å². The van der Waals surface area contributed by atoms with Crippen molar-refractivity contribution in [3.8, 4) is 17.0 Å². The Bertz CT molecular complexity index is 968. The number of nitrogens with zero attached hydrogens (tertiary/aromatic N) is 3. The van der Waals surface area contributed by atoms with E-state index in [1.807, 2.05) is 5.38 Å². The summed E-state index contributed by atoms with van der Waals surface area (Å²) in [5, 5.41) is 2.95. The smallest absolute Gasteiger partial charge is 0.267 e. The number of pyridine rings is 1. The first-order chi connectivity index (χ1) is 13.6. The van der Waals surface area contributed by atoms with Crippen LogP contribution in [0.1, 0.15) is 23.3 Å². The minimum absolute atomic E-state index is 0.0657. The molecule has 28 heavy (non-hydrogen) atoms. The number of halogens is 1. The van der Waals surface area contributed by atoms with Crippen LogP contribution in [-0.2, 0) is 0 Å². The Morgan fingerprint density at radius 2 is 1.96 bits per heavy atom. The van der Waals surface area contributed by atoms with Crippen molar-refractivity contribution in [3.05, 3.63) is 59.5 Å². The lowest BCUT2D eigenvalue weighted by Gasteiger charge is -2.32. The summed E-state index contributed by atoms with van der Waals surface area (Å²) in [6, 6.07) is 9.67. The van der Waals surface area contributed by atoms with Gasteiger partial charge in [0.2, 0.25) is 0 Å². The van der Waals surface area contributed by atoms with E-state index in [4.69, 9.17) is 15.5 Å². The summed E-state index contributed by atoms with van der Waals surface area (Å²) in [7, 11) is 0. The minimum atomic E-state index is -0.569. The Balaban J connectivity index is 1.36. The Labute approximate surface area is 165 Å². The van der Waals surface area contributed by atoms with Crippen molar-refractivity contribution in [1.82, 2.24) is 9.97 Å². The molecule has 1 amide bonds. The van der Waals surface area contributed by atoms with E-state index in [1.165, 1.54) is 18.3 Å². The maximum atomic E-state index is 13.1. The zero-order valence-corrected chi connectivity index (χ0v) is 15.9. The molecular weight excluding hydrogens is 379 g/mol. The predicted molar refractivity (Wildman–Crippen MR) is 106 cm³/mol. The van der Waals surface area contributed by atoms with Crippen molar-refractivity contribution < 1.29 is 13.9 Å². The Morgan fingerprint density at radius 3 is 2.68 bits per heavy atom. The van der Waals surface area contributed by atoms with Crippen molar-refractivity contribution in [2.45, 2.75) is 18.9 Å². The van der Waals surface area contributed by atoms with Gasteiger partial charge in [-0.3, -0.25) is 9.78 Å². The molecule has 0 radical (unpaired) electrons. The molecule has 1 fully saturated rings. The van der Waals surface area contributed by atoms with Gasteiger partial charge in [-0.2, -0.15) is 0 Å². The highest BCUT2D eigenvalue weighted by Gasteiger charge is 2.23. The van der Waals surface area contributed by atoms with Gasteiger partial charge in [-0.1, -0.05) is 0 Å². The summed E-state index contributed by atoms with van der Waals surface area (Å²) < 4.78 is 19.1. The van der Waals surface area contributed by atoms with E-state index in [2.05, 4.69) is 9.88 Å². The quantitative estimate of drug-likeness (QED) is 0.712. The first-order valence-corrected chi connectivity index (χ1v) is 9.85. The Hall–Kier alpha value is -3.00. The molecular formula is C20H19FN4O2S. The molecule has 3 aromatic rings. The van der Waals surface area contributed by atoms with Crippen LogP contribution >= 0.6 is 11.3 Å². The molecule has 0 unspecified atom stereocenters. The second kappa shape index (κ2) is 7.93. The Morgan fingerprint density at radius 1 is 1.21 bits per heavy atom. The van der Waals surface area contributed by atoms with Crippen molar-refractivity contribution in [2.24, 2.45) is 5.73 Å². The average molecular weight is 398 g/mol. The van der Waals surface area contributed by atoms with E-state index < -0.39 is 5.91 Å². The SMILES string of the molecule is NC(=O)c1cc(OC2CCN(c3nc(-c4ccc(F)cc4)cs3)CC2)ccn1. The average Bonchev–Trinajstić information content (AvgIpc) is 3.19. The normalized spacial score (nSPS) is 14.8. The molecule has 1 aromatic carbocycles. The van der Waals surface area contributed by atoms with E-state index in [9.17, 15) is 9.18 Å². The third-order valence-electron chi connectivity index (χ3n) is 4.63. The fourth-order valence-corrected chi connectivity index (χ4v) is 4.03. The van der Waals surface area contributed by atoms with Crippen LogP contribution in [0.5, 0.6) is 5.75 Å². The number of hydrogen-bond acceptors (Lipinski definition) is 6. The molecule has 2 N–H and O–H groups in total. The lowest BCUT2D eigenvalue weighted by Crippen LogP contribution is -2.38. The molecule has 144 valence electrons. The monoisotopic (exact) mass is 398 g/mol. The van der Waals surface area contributed by atoms with E-state index in [0.717, 1.165) is 42.3 Å². The van der Waals surface area contributed by atoms with Crippen LogP contribution in [-0.4, -0.2) is 35.1 Å². The van der Waals surface area contributed by atoms with Gasteiger partial charge in [0.25, 0.3) is 5.91 Å². The number of hydrogen-bond donors (Lipinski definition) is 1. The van der Waals surface area contributed by atoms with Crippen LogP contribution in [0.15, 0.2) is 48.0 Å². The number of primary amides is 1. The first-order valence-electron chi connectivity index (χ1n) is 8.97. The summed E-state index contributed by atoms with van der Waals surface area (Å²) in [4.78, 5) is 22.1. The fraction of sp³-hybridized carbons (Fsp3) is 0.250. The number of anilines is 1. The standard InChI is InChI=1S/C20H19FN4O2S/c21-14-3-1-13(2-4-14)18-12-28-20(24-18)25-9-6-15(7-10-25)27-16-5-8-23-17(11-16)19(22)26/h1-5,8,11-12,15H,6-7,9-10H2,(H2,22,26). The number of nitrogens with two attached hydrogens (primary N) is 1. The van der Waals surface area contributed by atoms with Crippen molar-refractivity contribution >= 4 is 22.4 Å². The number of aromatic nitrogens is 2. The molecule has 3 heterocycles. The van der Waals surface area contributed by atoms with Crippen LogP contribution in [0.25, 0.3) is 11.3 Å². The number of carbonyl (C=O) groups is 1. The number of benzene rings is 1. The van der Waals surface area contributed by atoms with Gasteiger partial charge < -0.3 is 15.4 Å². The second-order valence-corrected chi connectivity index (χ2v) is 7.40. The molecule has 0 atom stereocenters. The van der Waals surface area contributed by atoms with Gasteiger partial charge in [0.15, 0.2) is 5.13 Å². The zero-order valence-electron chi connectivity index (χ0n) is 15.0. The highest BCUT2D eigenvalue weighted by atomic mass is 32.1. The number of thiazole rings is 1. The summed E-state index contributed by atoms with van der Waals surface area (Å²) >= 11 is 1.59. The van der Waals surface area contributed by atoms with Gasteiger partial charge in [0.1, 0.15) is 23.4 Å². The number of ether oxygens (including phenoxy) is 1. The molecule has 8 heteroatoms. The number of amides is 1. The van der Waals surface area contributed by atoms with Gasteiger partial charge in [0, 0.05) is 49.1 Å². The zero-order chi connectivity index (χ0) is 19.5. The molecule has 1 saturated heterocycles. The Kier molecular flexibility index (Phi) is 5.21. The largest absolute Gasteiger partial charge is 0.490 e. The van der Waals surface area contributed by atoms with Gasteiger partial charge in [-0.25, -0.2) is 9.37 Å². The van der Waals surface area contributed by atoms with Crippen LogP contribution in [0.2, 0.25) is 0 Å². The third kappa shape index (κ3) is 4.12. The van der Waals surface area contributed by atoms with Crippen molar-refractivity contribution in [2.75, 3.05) is 18.0 Å². The highest BCUT2D eigenvalue weighted by molar-refractivity contribution is 7.14. The summed E-state index contributed by atoms with van der Waals surface area (Å²) in [5.74, 6) is -0.213. The molecule has 6 nitrogen and oxygen atoms in total. The fourth-order valence-electron chi connectivity index (χ4n) is 3.14. The molecule has 0 spiro atoms. The van der Waals surface area contributed by atoms with Gasteiger partial charge in [-0.05, 0) is 30.3 Å². The van der Waals surface area contributed by atoms with Gasteiger partial charge >= 0.3 is 0 Å². The lowest BCUT2D eigenvalue weighted by atomic mass is 10.1. The molecule has 0 saturated carbocycles. The van der Waals surface area contributed by atoms with E-state index in [0.29, 0.717) is 5.75 Å². The minimum Gasteiger partial charge on any atom is -0.490 e. The number of piperidine rings is 1. The molecule has 1 aliphatic rings. The summed E-state index contributed by atoms with van der Waals surface area (Å²) in [5.41, 5.74) is 7.22. The maximum absolute atomic E-state index is 13.1. The molecule has 1 aliphatic heterocycles. The van der Waals surface area contributed by atoms with E-state index in [1.54, 1.807) is 35.6 Å². The van der Waals surface area contributed by atoms with Crippen LogP contribution in [0.4, 0.5) is 9.52 Å². The van der Waals surface area contributed by atoms with Crippen LogP contribution in [0.3, 0.4) is 0 Å². The first kappa shape index (κ1) is 18.4. The molecule has 2 aromatic heterocycles. The van der Waals surface area contributed by atoms with E-state index in [-0.39, 0.29) is 17.6 Å². The lowest BCUT2D eigenvalue weighted by molar-refractivity contribution is 0.0994. The summed E-state index contributed by atoms with van der Waals surface area (Å²) in [6.45, 7) is 1.66. The van der Waals surface area contributed by atoms with Crippen molar-refractivity contribution in [3.63, 3.8) is 0 Å². The number of rotatable bonds is 5. The molecule has 0 bridgehead atoms. The van der Waals surface area contributed by atoms with E-state index >= 15 is 0 Å². The van der Waals surface area contributed by atoms with Crippen LogP contribution in [0, 0.1) is 5.82 Å². The van der Waals surface area contributed by atoms with Gasteiger partial charge in [0.05, 0.1) is 5.69 Å².